The lowest BCUT2D eigenvalue weighted by atomic mass is 9.92. The summed E-state index contributed by atoms with van der Waals surface area (Å²) in [6.45, 7) is 3.52. The van der Waals surface area contributed by atoms with Crippen molar-refractivity contribution in [2.75, 3.05) is 46.2 Å². The van der Waals surface area contributed by atoms with Gasteiger partial charge in [0.25, 0.3) is 0 Å². The molecule has 0 spiro atoms. The Hall–Kier alpha value is -2.86. The second-order valence-corrected chi connectivity index (χ2v) is 7.96. The standard InChI is InChI=1S/C23H31N5O/c1-17-7-6-13-28-21(16-25-23(17)28)20(15-22(29)24-12-14-26(2)3)18-8-10-19(11-9-18)27(4)5/h6-11,13,16,20H,12,14-15H2,1-5H3,(H,24,29). The normalized spacial score (nSPS) is 12.3. The molecule has 0 radical (unpaired) electrons. The van der Waals surface area contributed by atoms with Gasteiger partial charge < -0.3 is 19.5 Å². The van der Waals surface area contributed by atoms with Gasteiger partial charge in [-0.2, -0.15) is 0 Å². The Labute approximate surface area is 173 Å². The van der Waals surface area contributed by atoms with Crippen molar-refractivity contribution in [3.63, 3.8) is 0 Å². The number of amides is 1. The molecule has 0 fully saturated rings. The van der Waals surface area contributed by atoms with E-state index in [1.807, 2.05) is 46.7 Å². The third kappa shape index (κ3) is 4.95. The van der Waals surface area contributed by atoms with Crippen molar-refractivity contribution in [2.24, 2.45) is 0 Å². The molecule has 2 aromatic heterocycles. The van der Waals surface area contributed by atoms with Crippen molar-refractivity contribution in [1.29, 1.82) is 0 Å². The van der Waals surface area contributed by atoms with Crippen LogP contribution in [-0.2, 0) is 4.79 Å². The van der Waals surface area contributed by atoms with Crippen LogP contribution in [0.25, 0.3) is 5.65 Å². The van der Waals surface area contributed by atoms with Gasteiger partial charge in [0.05, 0.1) is 5.69 Å². The molecule has 0 saturated carbocycles. The van der Waals surface area contributed by atoms with E-state index in [1.54, 1.807) is 0 Å². The summed E-state index contributed by atoms with van der Waals surface area (Å²) in [6, 6.07) is 12.5. The van der Waals surface area contributed by atoms with E-state index >= 15 is 0 Å². The van der Waals surface area contributed by atoms with E-state index in [2.05, 4.69) is 61.8 Å². The van der Waals surface area contributed by atoms with Gasteiger partial charge >= 0.3 is 0 Å². The van der Waals surface area contributed by atoms with Crippen LogP contribution in [0, 0.1) is 6.92 Å². The van der Waals surface area contributed by atoms with Crippen LogP contribution >= 0.6 is 0 Å². The third-order valence-corrected chi connectivity index (χ3v) is 5.20. The molecule has 3 aromatic rings. The van der Waals surface area contributed by atoms with E-state index in [4.69, 9.17) is 0 Å². The molecule has 6 heteroatoms. The Morgan fingerprint density at radius 3 is 2.52 bits per heavy atom. The molecule has 0 aliphatic carbocycles. The highest BCUT2D eigenvalue weighted by Crippen LogP contribution is 2.30. The lowest BCUT2D eigenvalue weighted by Crippen LogP contribution is -2.32. The molecular weight excluding hydrogens is 362 g/mol. The second-order valence-electron chi connectivity index (χ2n) is 7.96. The van der Waals surface area contributed by atoms with Crippen molar-refractivity contribution < 1.29 is 4.79 Å². The number of pyridine rings is 1. The van der Waals surface area contributed by atoms with Gasteiger partial charge in [-0.25, -0.2) is 4.98 Å². The van der Waals surface area contributed by atoms with E-state index in [9.17, 15) is 4.79 Å². The van der Waals surface area contributed by atoms with Gasteiger partial charge in [0, 0.05) is 57.6 Å². The minimum Gasteiger partial charge on any atom is -0.378 e. The quantitative estimate of drug-likeness (QED) is 0.639. The minimum atomic E-state index is -0.0673. The molecule has 2 heterocycles. The Morgan fingerprint density at radius 2 is 1.86 bits per heavy atom. The second kappa shape index (κ2) is 9.09. The highest BCUT2D eigenvalue weighted by atomic mass is 16.1. The van der Waals surface area contributed by atoms with Gasteiger partial charge in [-0.1, -0.05) is 18.2 Å². The average Bonchev–Trinajstić information content (AvgIpc) is 3.11. The summed E-state index contributed by atoms with van der Waals surface area (Å²) in [4.78, 5) is 21.5. The predicted octanol–water partition coefficient (Wildman–Crippen LogP) is 2.91. The monoisotopic (exact) mass is 393 g/mol. The number of anilines is 1. The lowest BCUT2D eigenvalue weighted by Gasteiger charge is -2.19. The summed E-state index contributed by atoms with van der Waals surface area (Å²) in [6.07, 6.45) is 4.31. The third-order valence-electron chi connectivity index (χ3n) is 5.20. The van der Waals surface area contributed by atoms with Crippen LogP contribution in [0.4, 0.5) is 5.69 Å². The van der Waals surface area contributed by atoms with Crippen LogP contribution in [0.15, 0.2) is 48.8 Å². The number of carbonyl (C=O) groups is 1. The zero-order valence-corrected chi connectivity index (χ0v) is 18.0. The van der Waals surface area contributed by atoms with E-state index in [-0.39, 0.29) is 11.8 Å². The first-order chi connectivity index (χ1) is 13.9. The number of aryl methyl sites for hydroxylation is 1. The highest BCUT2D eigenvalue weighted by molar-refractivity contribution is 5.77. The number of nitrogens with one attached hydrogen (secondary N) is 1. The number of nitrogens with zero attached hydrogens (tertiary/aromatic N) is 4. The summed E-state index contributed by atoms with van der Waals surface area (Å²) in [5.41, 5.74) is 5.34. The molecule has 6 nitrogen and oxygen atoms in total. The largest absolute Gasteiger partial charge is 0.378 e. The van der Waals surface area contributed by atoms with E-state index in [0.717, 1.165) is 34.7 Å². The average molecular weight is 394 g/mol. The van der Waals surface area contributed by atoms with Gasteiger partial charge in [-0.3, -0.25) is 4.79 Å². The highest BCUT2D eigenvalue weighted by Gasteiger charge is 2.22. The van der Waals surface area contributed by atoms with Crippen molar-refractivity contribution in [2.45, 2.75) is 19.3 Å². The van der Waals surface area contributed by atoms with Crippen molar-refractivity contribution >= 4 is 17.2 Å². The van der Waals surface area contributed by atoms with Crippen LogP contribution in [0.3, 0.4) is 0 Å². The molecule has 0 aliphatic rings. The summed E-state index contributed by atoms with van der Waals surface area (Å²) < 4.78 is 2.10. The number of benzene rings is 1. The number of carbonyl (C=O) groups excluding carboxylic acids is 1. The van der Waals surface area contributed by atoms with Crippen LogP contribution in [-0.4, -0.2) is 61.5 Å². The smallest absolute Gasteiger partial charge is 0.221 e. The summed E-state index contributed by atoms with van der Waals surface area (Å²) in [5, 5.41) is 3.05. The van der Waals surface area contributed by atoms with E-state index < -0.39 is 0 Å². The molecule has 1 aromatic carbocycles. The molecule has 1 amide bonds. The topological polar surface area (TPSA) is 52.9 Å². The zero-order chi connectivity index (χ0) is 21.0. The SMILES string of the molecule is Cc1cccn2c(C(CC(=O)NCCN(C)C)c3ccc(N(C)C)cc3)cnc12. The number of rotatable bonds is 8. The molecule has 0 saturated heterocycles. The van der Waals surface area contributed by atoms with Crippen LogP contribution < -0.4 is 10.2 Å². The fraction of sp³-hybridized carbons (Fsp3) is 0.391. The van der Waals surface area contributed by atoms with Crippen LogP contribution in [0.2, 0.25) is 0 Å². The molecule has 154 valence electrons. The van der Waals surface area contributed by atoms with Crippen LogP contribution in [0.5, 0.6) is 0 Å². The molecule has 0 aliphatic heterocycles. The maximum absolute atomic E-state index is 12.7. The van der Waals surface area contributed by atoms with Gasteiger partial charge in [0.15, 0.2) is 0 Å². The fourth-order valence-electron chi connectivity index (χ4n) is 3.50. The number of likely N-dealkylation sites (N-methyl/N-ethyl adjacent to an activating group) is 1. The number of imidazole rings is 1. The molecule has 0 bridgehead atoms. The van der Waals surface area contributed by atoms with Crippen molar-refractivity contribution in [3.05, 3.63) is 65.6 Å². The lowest BCUT2D eigenvalue weighted by molar-refractivity contribution is -0.121. The van der Waals surface area contributed by atoms with Crippen LogP contribution in [0.1, 0.15) is 29.2 Å². The van der Waals surface area contributed by atoms with Gasteiger partial charge in [0.1, 0.15) is 5.65 Å². The first-order valence-corrected chi connectivity index (χ1v) is 9.98. The fourth-order valence-corrected chi connectivity index (χ4v) is 3.50. The molecule has 1 unspecified atom stereocenters. The van der Waals surface area contributed by atoms with Gasteiger partial charge in [0.2, 0.25) is 5.91 Å². The maximum Gasteiger partial charge on any atom is 0.221 e. The summed E-state index contributed by atoms with van der Waals surface area (Å²) in [7, 11) is 8.06. The zero-order valence-electron chi connectivity index (χ0n) is 18.0. The van der Waals surface area contributed by atoms with Gasteiger partial charge in [-0.15, -0.1) is 0 Å². The first-order valence-electron chi connectivity index (χ1n) is 9.98. The number of fused-ring (bicyclic) bond motifs is 1. The predicted molar refractivity (Wildman–Crippen MR) is 119 cm³/mol. The molecule has 29 heavy (non-hydrogen) atoms. The van der Waals surface area contributed by atoms with E-state index in [0.29, 0.717) is 13.0 Å². The number of aromatic nitrogens is 2. The Bertz CT molecular complexity index is 959. The minimum absolute atomic E-state index is 0.0520. The molecule has 1 atom stereocenters. The molecular formula is C23H31N5O. The van der Waals surface area contributed by atoms with E-state index in [1.165, 1.54) is 0 Å². The molecule has 1 N–H and O–H groups in total. The Kier molecular flexibility index (Phi) is 6.54. The number of hydrogen-bond donors (Lipinski definition) is 1. The first kappa shape index (κ1) is 20.9. The summed E-state index contributed by atoms with van der Waals surface area (Å²) in [5.74, 6) is -0.0153. The Morgan fingerprint density at radius 1 is 1.14 bits per heavy atom. The molecule has 3 rings (SSSR count). The number of hydrogen-bond acceptors (Lipinski definition) is 4. The maximum atomic E-state index is 12.7. The summed E-state index contributed by atoms with van der Waals surface area (Å²) >= 11 is 0. The van der Waals surface area contributed by atoms with Gasteiger partial charge in [-0.05, 0) is 50.3 Å². The van der Waals surface area contributed by atoms with Crippen molar-refractivity contribution in [3.8, 4) is 0 Å². The van der Waals surface area contributed by atoms with Crippen molar-refractivity contribution in [1.82, 2.24) is 19.6 Å². The Balaban J connectivity index is 1.92.